The second kappa shape index (κ2) is 13.6. The van der Waals surface area contributed by atoms with Crippen LogP contribution in [0, 0.1) is 0 Å². The molecule has 8 rings (SSSR count). The molecule has 1 aliphatic rings. The third kappa shape index (κ3) is 6.03. The second-order valence-electron chi connectivity index (χ2n) is 14.5. The molecular formula is C46H41BN2O2Si. The smallest absolute Gasteiger partial charge is 0.399 e. The van der Waals surface area contributed by atoms with Crippen molar-refractivity contribution in [3.8, 4) is 33.8 Å². The molecule has 0 unspecified atom stereocenters. The van der Waals surface area contributed by atoms with Crippen LogP contribution in [0.2, 0.25) is 0 Å². The number of rotatable bonds is 8. The molecule has 0 bridgehead atoms. The zero-order valence-electron chi connectivity index (χ0n) is 30.0. The molecule has 0 amide bonds. The number of hydrogen-bond acceptors (Lipinski definition) is 4. The number of benzene rings is 6. The summed E-state index contributed by atoms with van der Waals surface area (Å²) in [5, 5.41) is 5.15. The lowest BCUT2D eigenvalue weighted by Gasteiger charge is -2.35. The van der Waals surface area contributed by atoms with E-state index in [1.165, 1.54) is 20.7 Å². The molecule has 1 aromatic heterocycles. The molecule has 0 radical (unpaired) electrons. The predicted molar refractivity (Wildman–Crippen MR) is 218 cm³/mol. The molecule has 1 aliphatic heterocycles. The first-order chi connectivity index (χ1) is 25.3. The summed E-state index contributed by atoms with van der Waals surface area (Å²) in [6, 6.07) is 60.5. The molecule has 52 heavy (non-hydrogen) atoms. The summed E-state index contributed by atoms with van der Waals surface area (Å²) < 4.78 is 12.9. The van der Waals surface area contributed by atoms with E-state index in [2.05, 4.69) is 173 Å². The van der Waals surface area contributed by atoms with Gasteiger partial charge in [0.15, 0.2) is 8.07 Å². The Morgan fingerprint density at radius 3 is 1.44 bits per heavy atom. The standard InChI is InChI=1S/C46H41BN2O2Si/c1-45(2)46(3,4)51-47(50-45)37-28-30-40(31-29-37)52(38-23-13-7-14-24-38,39-25-15-8-16-26-39)41-27-17-22-36(32-41)42-33-48-43(34-18-9-5-10-19-34)44(49-42)35-20-11-6-12-21-35/h5-33H,1-4H3. The SMILES string of the molecule is CC1(C)OB(c2ccc([Si](c3ccccc3)(c3ccccc3)c3cccc(-c4cnc(-c5ccccc5)c(-c5ccccc5)n4)c3)cc2)OC1(C)C. The lowest BCUT2D eigenvalue weighted by Crippen LogP contribution is -2.74. The van der Waals surface area contributed by atoms with Gasteiger partial charge < -0.3 is 9.31 Å². The van der Waals surface area contributed by atoms with Crippen LogP contribution in [0.1, 0.15) is 27.7 Å². The molecule has 2 heterocycles. The van der Waals surface area contributed by atoms with E-state index in [4.69, 9.17) is 19.3 Å². The molecule has 0 saturated carbocycles. The summed E-state index contributed by atoms with van der Waals surface area (Å²) >= 11 is 0. The minimum Gasteiger partial charge on any atom is -0.399 e. The van der Waals surface area contributed by atoms with Crippen LogP contribution >= 0.6 is 0 Å². The highest BCUT2D eigenvalue weighted by Crippen LogP contribution is 2.36. The lowest BCUT2D eigenvalue weighted by atomic mass is 9.79. The van der Waals surface area contributed by atoms with Gasteiger partial charge in [0, 0.05) is 16.7 Å². The quantitative estimate of drug-likeness (QED) is 0.125. The van der Waals surface area contributed by atoms with Crippen molar-refractivity contribution in [3.05, 3.63) is 176 Å². The van der Waals surface area contributed by atoms with Crippen molar-refractivity contribution < 1.29 is 9.31 Å². The fourth-order valence-electron chi connectivity index (χ4n) is 7.29. The Hall–Kier alpha value is -5.40. The molecule has 0 N–H and O–H groups in total. The van der Waals surface area contributed by atoms with Crippen molar-refractivity contribution in [1.29, 1.82) is 0 Å². The van der Waals surface area contributed by atoms with E-state index in [0.717, 1.165) is 39.2 Å². The van der Waals surface area contributed by atoms with Crippen molar-refractivity contribution in [2.75, 3.05) is 0 Å². The van der Waals surface area contributed by atoms with E-state index >= 15 is 0 Å². The van der Waals surface area contributed by atoms with Crippen LogP contribution in [-0.4, -0.2) is 36.4 Å². The Kier molecular flexibility index (Phi) is 8.84. The molecule has 1 fully saturated rings. The largest absolute Gasteiger partial charge is 0.494 e. The van der Waals surface area contributed by atoms with E-state index in [-0.39, 0.29) is 0 Å². The molecule has 4 nitrogen and oxygen atoms in total. The fraction of sp³-hybridized carbons (Fsp3) is 0.130. The van der Waals surface area contributed by atoms with E-state index < -0.39 is 26.4 Å². The van der Waals surface area contributed by atoms with Crippen LogP contribution in [0.25, 0.3) is 33.8 Å². The van der Waals surface area contributed by atoms with Gasteiger partial charge in [-0.2, -0.15) is 0 Å². The minimum absolute atomic E-state index is 0.411. The van der Waals surface area contributed by atoms with E-state index in [1.54, 1.807) is 0 Å². The molecule has 0 atom stereocenters. The first kappa shape index (κ1) is 33.7. The zero-order chi connectivity index (χ0) is 35.8. The topological polar surface area (TPSA) is 44.2 Å². The molecule has 254 valence electrons. The maximum atomic E-state index is 6.45. The van der Waals surface area contributed by atoms with Crippen LogP contribution in [0.5, 0.6) is 0 Å². The van der Waals surface area contributed by atoms with E-state index in [1.807, 2.05) is 30.5 Å². The fourth-order valence-corrected chi connectivity index (χ4v) is 12.1. The van der Waals surface area contributed by atoms with Gasteiger partial charge in [-0.1, -0.05) is 170 Å². The van der Waals surface area contributed by atoms with Gasteiger partial charge in [-0.3, -0.25) is 4.98 Å². The average molecular weight is 693 g/mol. The second-order valence-corrected chi connectivity index (χ2v) is 18.3. The summed E-state index contributed by atoms with van der Waals surface area (Å²) in [5.74, 6) is 0. The predicted octanol–water partition coefficient (Wildman–Crippen LogP) is 7.15. The molecule has 6 heteroatoms. The first-order valence-corrected chi connectivity index (χ1v) is 19.9. The zero-order valence-corrected chi connectivity index (χ0v) is 31.0. The van der Waals surface area contributed by atoms with Gasteiger partial charge in [-0.05, 0) is 53.9 Å². The van der Waals surface area contributed by atoms with Crippen LogP contribution in [-0.2, 0) is 9.31 Å². The van der Waals surface area contributed by atoms with Gasteiger partial charge in [0.05, 0.1) is 34.5 Å². The van der Waals surface area contributed by atoms with E-state index in [9.17, 15) is 0 Å². The maximum absolute atomic E-state index is 6.45. The average Bonchev–Trinajstić information content (AvgIpc) is 3.42. The van der Waals surface area contributed by atoms with Crippen LogP contribution < -0.4 is 26.2 Å². The summed E-state index contributed by atoms with van der Waals surface area (Å²) in [4.78, 5) is 10.4. The van der Waals surface area contributed by atoms with Crippen molar-refractivity contribution in [2.24, 2.45) is 0 Å². The third-order valence-corrected chi connectivity index (χ3v) is 15.5. The van der Waals surface area contributed by atoms with Gasteiger partial charge in [0.25, 0.3) is 0 Å². The lowest BCUT2D eigenvalue weighted by molar-refractivity contribution is 0.00578. The molecule has 1 saturated heterocycles. The van der Waals surface area contributed by atoms with Crippen LogP contribution in [0.4, 0.5) is 0 Å². The summed E-state index contributed by atoms with van der Waals surface area (Å²) in [5.41, 5.74) is 5.86. The minimum atomic E-state index is -2.85. The Bertz CT molecular complexity index is 2240. The number of hydrogen-bond donors (Lipinski definition) is 0. The Balaban J connectivity index is 1.30. The summed E-state index contributed by atoms with van der Waals surface area (Å²) in [6.07, 6.45) is 1.92. The Morgan fingerprint density at radius 2 is 0.904 bits per heavy atom. The first-order valence-electron chi connectivity index (χ1n) is 17.9. The number of aromatic nitrogens is 2. The van der Waals surface area contributed by atoms with Gasteiger partial charge in [-0.25, -0.2) is 4.98 Å². The highest BCUT2D eigenvalue weighted by molar-refractivity contribution is 7.20. The van der Waals surface area contributed by atoms with Crippen molar-refractivity contribution >= 4 is 41.4 Å². The van der Waals surface area contributed by atoms with E-state index in [0.29, 0.717) is 0 Å². The molecule has 7 aromatic rings. The molecular weight excluding hydrogens is 651 g/mol. The molecule has 0 aliphatic carbocycles. The third-order valence-electron chi connectivity index (χ3n) is 10.7. The van der Waals surface area contributed by atoms with Crippen molar-refractivity contribution in [3.63, 3.8) is 0 Å². The number of nitrogens with zero attached hydrogens (tertiary/aromatic N) is 2. The highest BCUT2D eigenvalue weighted by Gasteiger charge is 2.52. The van der Waals surface area contributed by atoms with Crippen molar-refractivity contribution in [2.45, 2.75) is 38.9 Å². The molecule has 6 aromatic carbocycles. The van der Waals surface area contributed by atoms with Crippen LogP contribution in [0.3, 0.4) is 0 Å². The van der Waals surface area contributed by atoms with Gasteiger partial charge in [-0.15, -0.1) is 0 Å². The van der Waals surface area contributed by atoms with Gasteiger partial charge in [0.2, 0.25) is 0 Å². The normalized spacial score (nSPS) is 15.0. The highest BCUT2D eigenvalue weighted by atomic mass is 28.3. The Morgan fingerprint density at radius 1 is 0.462 bits per heavy atom. The Labute approximate surface area is 308 Å². The van der Waals surface area contributed by atoms with Crippen molar-refractivity contribution in [1.82, 2.24) is 9.97 Å². The molecule has 0 spiro atoms. The van der Waals surface area contributed by atoms with Gasteiger partial charge in [0.1, 0.15) is 0 Å². The summed E-state index contributed by atoms with van der Waals surface area (Å²) in [7, 11) is -3.28. The maximum Gasteiger partial charge on any atom is 0.494 e. The van der Waals surface area contributed by atoms with Crippen LogP contribution in [0.15, 0.2) is 176 Å². The summed E-state index contributed by atoms with van der Waals surface area (Å²) in [6.45, 7) is 8.39. The van der Waals surface area contributed by atoms with Gasteiger partial charge >= 0.3 is 7.12 Å². The monoisotopic (exact) mass is 692 g/mol.